The highest BCUT2D eigenvalue weighted by atomic mass is 32.2. The first-order valence-electron chi connectivity index (χ1n) is 6.35. The fourth-order valence-electron chi connectivity index (χ4n) is 2.15. The Kier molecular flexibility index (Phi) is 4.97. The summed E-state index contributed by atoms with van der Waals surface area (Å²) in [4.78, 5) is 1.03. The summed E-state index contributed by atoms with van der Waals surface area (Å²) < 4.78 is 32.3. The average molecular weight is 304 g/mol. The topological polar surface area (TPSA) is 58.6 Å². The van der Waals surface area contributed by atoms with Crippen LogP contribution in [0, 0.1) is 0 Å². The van der Waals surface area contributed by atoms with E-state index < -0.39 is 10.0 Å². The van der Waals surface area contributed by atoms with Crippen LogP contribution in [0.25, 0.3) is 0 Å². The maximum Gasteiger partial charge on any atom is 0.252 e. The van der Waals surface area contributed by atoms with Crippen molar-refractivity contribution in [1.29, 1.82) is 0 Å². The van der Waals surface area contributed by atoms with Crippen LogP contribution in [0.5, 0.6) is 0 Å². The Bertz CT molecular complexity index is 507. The highest BCUT2D eigenvalue weighted by molar-refractivity contribution is 7.91. The van der Waals surface area contributed by atoms with Gasteiger partial charge in [-0.3, -0.25) is 0 Å². The van der Waals surface area contributed by atoms with Crippen LogP contribution in [0.15, 0.2) is 16.3 Å². The molecule has 108 valence electrons. The number of nitrogens with zero attached hydrogens (tertiary/aromatic N) is 1. The monoisotopic (exact) mass is 304 g/mol. The van der Waals surface area contributed by atoms with Gasteiger partial charge in [-0.2, -0.15) is 4.31 Å². The molecule has 1 aromatic rings. The molecular formula is C12H20N2O3S2. The van der Waals surface area contributed by atoms with Crippen LogP contribution >= 0.6 is 11.3 Å². The van der Waals surface area contributed by atoms with Gasteiger partial charge < -0.3 is 10.1 Å². The van der Waals surface area contributed by atoms with Crippen molar-refractivity contribution < 1.29 is 13.2 Å². The number of sulfonamides is 1. The summed E-state index contributed by atoms with van der Waals surface area (Å²) in [6.45, 7) is 1.97. The zero-order chi connectivity index (χ0) is 13.9. The van der Waals surface area contributed by atoms with Crippen molar-refractivity contribution in [3.8, 4) is 0 Å². The third kappa shape index (κ3) is 3.35. The summed E-state index contributed by atoms with van der Waals surface area (Å²) in [5.74, 6) is 0. The summed E-state index contributed by atoms with van der Waals surface area (Å²) in [5.41, 5.74) is 0. The van der Waals surface area contributed by atoms with Gasteiger partial charge in [0.25, 0.3) is 10.0 Å². The second-order valence-electron chi connectivity index (χ2n) is 4.62. The van der Waals surface area contributed by atoms with Crippen LogP contribution in [0.3, 0.4) is 0 Å². The number of ether oxygens (including phenoxy) is 1. The third-order valence-electron chi connectivity index (χ3n) is 3.33. The van der Waals surface area contributed by atoms with Crippen LogP contribution < -0.4 is 5.32 Å². The van der Waals surface area contributed by atoms with Crippen LogP contribution in [-0.4, -0.2) is 46.1 Å². The van der Waals surface area contributed by atoms with Gasteiger partial charge in [0.15, 0.2) is 0 Å². The molecule has 5 nitrogen and oxygen atoms in total. The smallest absolute Gasteiger partial charge is 0.252 e. The van der Waals surface area contributed by atoms with E-state index in [1.807, 2.05) is 13.1 Å². The molecule has 0 aliphatic carbocycles. The number of thiophene rings is 1. The Balaban J connectivity index is 2.15. The Morgan fingerprint density at radius 2 is 2.11 bits per heavy atom. The third-order valence-corrected chi connectivity index (χ3v) is 6.79. The lowest BCUT2D eigenvalue weighted by molar-refractivity contribution is 0.0632. The summed E-state index contributed by atoms with van der Waals surface area (Å²) in [6.07, 6.45) is 1.54. The summed E-state index contributed by atoms with van der Waals surface area (Å²) in [5, 5.41) is 3.03. The second-order valence-corrected chi connectivity index (χ2v) is 8.01. The zero-order valence-electron chi connectivity index (χ0n) is 11.3. The Hall–Kier alpha value is -0.470. The van der Waals surface area contributed by atoms with E-state index in [1.165, 1.54) is 15.6 Å². The second kappa shape index (κ2) is 6.32. The first kappa shape index (κ1) is 14.9. The van der Waals surface area contributed by atoms with Gasteiger partial charge in [0, 0.05) is 37.7 Å². The minimum atomic E-state index is -3.37. The minimum Gasteiger partial charge on any atom is -0.381 e. The Labute approximate surface area is 118 Å². The standard InChI is InChI=1S/C12H20N2O3S2/c1-13-9-11-3-4-12(18-11)19(15,16)14(2)10-5-7-17-8-6-10/h3-4,10,13H,5-9H2,1-2H3. The van der Waals surface area contributed by atoms with Gasteiger partial charge in [-0.1, -0.05) is 0 Å². The predicted molar refractivity (Wildman–Crippen MR) is 75.9 cm³/mol. The molecule has 1 N–H and O–H groups in total. The van der Waals surface area contributed by atoms with Gasteiger partial charge in [-0.15, -0.1) is 11.3 Å². The molecule has 0 radical (unpaired) electrons. The summed E-state index contributed by atoms with van der Waals surface area (Å²) >= 11 is 1.33. The molecular weight excluding hydrogens is 284 g/mol. The van der Waals surface area contributed by atoms with Crippen LogP contribution in [0.2, 0.25) is 0 Å². The van der Waals surface area contributed by atoms with Gasteiger partial charge in [0.2, 0.25) is 0 Å². The molecule has 2 heterocycles. The Morgan fingerprint density at radius 3 is 2.74 bits per heavy atom. The molecule has 0 amide bonds. The highest BCUT2D eigenvalue weighted by Gasteiger charge is 2.30. The van der Waals surface area contributed by atoms with Crippen molar-refractivity contribution in [2.24, 2.45) is 0 Å². The van der Waals surface area contributed by atoms with E-state index >= 15 is 0 Å². The molecule has 0 bridgehead atoms. The van der Waals surface area contributed by atoms with E-state index in [1.54, 1.807) is 13.1 Å². The quantitative estimate of drug-likeness (QED) is 0.890. The summed E-state index contributed by atoms with van der Waals surface area (Å²) in [7, 11) is 0.151. The van der Waals surface area contributed by atoms with Crippen LogP contribution in [0.4, 0.5) is 0 Å². The number of nitrogens with one attached hydrogen (secondary N) is 1. The molecule has 1 aliphatic heterocycles. The molecule has 0 atom stereocenters. The van der Waals surface area contributed by atoms with Gasteiger partial charge in [0.05, 0.1) is 0 Å². The Morgan fingerprint density at radius 1 is 1.42 bits per heavy atom. The largest absolute Gasteiger partial charge is 0.381 e. The van der Waals surface area contributed by atoms with Crippen molar-refractivity contribution in [3.05, 3.63) is 17.0 Å². The molecule has 1 fully saturated rings. The van der Waals surface area contributed by atoms with E-state index in [9.17, 15) is 8.42 Å². The van der Waals surface area contributed by atoms with Crippen LogP contribution in [-0.2, 0) is 21.3 Å². The lowest BCUT2D eigenvalue weighted by atomic mass is 10.1. The zero-order valence-corrected chi connectivity index (χ0v) is 12.9. The molecule has 1 saturated heterocycles. The van der Waals surface area contributed by atoms with Crippen LogP contribution in [0.1, 0.15) is 17.7 Å². The van der Waals surface area contributed by atoms with Crippen molar-refractivity contribution in [3.63, 3.8) is 0 Å². The van der Waals surface area contributed by atoms with E-state index in [0.717, 1.165) is 17.7 Å². The summed E-state index contributed by atoms with van der Waals surface area (Å²) in [6, 6.07) is 3.61. The van der Waals surface area contributed by atoms with E-state index in [-0.39, 0.29) is 6.04 Å². The first-order valence-corrected chi connectivity index (χ1v) is 8.60. The minimum absolute atomic E-state index is 0.0496. The molecule has 2 rings (SSSR count). The highest BCUT2D eigenvalue weighted by Crippen LogP contribution is 2.27. The number of rotatable bonds is 5. The fraction of sp³-hybridized carbons (Fsp3) is 0.667. The van der Waals surface area contributed by atoms with E-state index in [0.29, 0.717) is 24.0 Å². The molecule has 1 aliphatic rings. The van der Waals surface area contributed by atoms with Gasteiger partial charge >= 0.3 is 0 Å². The van der Waals surface area contributed by atoms with Gasteiger partial charge in [-0.25, -0.2) is 8.42 Å². The number of hydrogen-bond donors (Lipinski definition) is 1. The molecule has 0 unspecified atom stereocenters. The maximum absolute atomic E-state index is 12.5. The maximum atomic E-state index is 12.5. The van der Waals surface area contributed by atoms with Crippen molar-refractivity contribution in [1.82, 2.24) is 9.62 Å². The van der Waals surface area contributed by atoms with Gasteiger partial charge in [-0.05, 0) is 32.0 Å². The molecule has 0 spiro atoms. The van der Waals surface area contributed by atoms with E-state index in [2.05, 4.69) is 5.32 Å². The van der Waals surface area contributed by atoms with Gasteiger partial charge in [0.1, 0.15) is 4.21 Å². The number of hydrogen-bond acceptors (Lipinski definition) is 5. The molecule has 1 aromatic heterocycles. The molecule has 7 heteroatoms. The lowest BCUT2D eigenvalue weighted by Crippen LogP contribution is -2.40. The van der Waals surface area contributed by atoms with Crippen molar-refractivity contribution >= 4 is 21.4 Å². The predicted octanol–water partition coefficient (Wildman–Crippen LogP) is 1.27. The average Bonchev–Trinajstić information content (AvgIpc) is 2.89. The molecule has 0 aromatic carbocycles. The van der Waals surface area contributed by atoms with E-state index in [4.69, 9.17) is 4.74 Å². The SMILES string of the molecule is CNCc1ccc(S(=O)(=O)N(C)C2CCOCC2)s1. The van der Waals surface area contributed by atoms with Crippen molar-refractivity contribution in [2.45, 2.75) is 29.6 Å². The fourth-order valence-corrected chi connectivity index (χ4v) is 5.12. The first-order chi connectivity index (χ1) is 9.05. The van der Waals surface area contributed by atoms with Crippen molar-refractivity contribution in [2.75, 3.05) is 27.3 Å². The molecule has 19 heavy (non-hydrogen) atoms. The molecule has 0 saturated carbocycles. The normalized spacial score (nSPS) is 18.1. The lowest BCUT2D eigenvalue weighted by Gasteiger charge is -2.29.